The van der Waals surface area contributed by atoms with Crippen LogP contribution in [0.15, 0.2) is 70.3 Å². The lowest BCUT2D eigenvalue weighted by Crippen LogP contribution is -2.36. The second-order valence-corrected chi connectivity index (χ2v) is 5.99. The summed E-state index contributed by atoms with van der Waals surface area (Å²) in [6.45, 7) is 0.566. The number of halogens is 3. The van der Waals surface area contributed by atoms with Gasteiger partial charge in [0.15, 0.2) is 5.96 Å². The SMILES string of the molecule is CN=C(NCc1cccc(C(F)(F)F)c1)NCc1coc(-c2ccccc2)n1. The van der Waals surface area contributed by atoms with Crippen LogP contribution in [0.25, 0.3) is 11.5 Å². The van der Waals surface area contributed by atoms with Gasteiger partial charge in [-0.2, -0.15) is 13.2 Å². The first-order valence-corrected chi connectivity index (χ1v) is 8.56. The van der Waals surface area contributed by atoms with E-state index < -0.39 is 11.7 Å². The summed E-state index contributed by atoms with van der Waals surface area (Å²) in [6, 6.07) is 14.7. The second-order valence-electron chi connectivity index (χ2n) is 5.99. The molecule has 1 aromatic heterocycles. The molecule has 0 saturated carbocycles. The molecule has 0 aliphatic carbocycles. The Morgan fingerprint density at radius 2 is 1.79 bits per heavy atom. The Balaban J connectivity index is 1.55. The number of oxazole rings is 1. The van der Waals surface area contributed by atoms with E-state index in [1.807, 2.05) is 30.3 Å². The summed E-state index contributed by atoms with van der Waals surface area (Å²) in [5.41, 5.74) is 1.39. The zero-order valence-corrected chi connectivity index (χ0v) is 15.1. The van der Waals surface area contributed by atoms with E-state index in [0.717, 1.165) is 17.7 Å². The number of aromatic nitrogens is 1. The molecule has 0 unspecified atom stereocenters. The van der Waals surface area contributed by atoms with E-state index in [9.17, 15) is 13.2 Å². The lowest BCUT2D eigenvalue weighted by Gasteiger charge is -2.12. The van der Waals surface area contributed by atoms with Crippen LogP contribution in [-0.4, -0.2) is 18.0 Å². The maximum atomic E-state index is 12.8. The molecule has 3 aromatic rings. The Hall–Kier alpha value is -3.29. The molecule has 0 bridgehead atoms. The third-order valence-corrected chi connectivity index (χ3v) is 3.95. The van der Waals surface area contributed by atoms with Gasteiger partial charge in [0, 0.05) is 19.2 Å². The van der Waals surface area contributed by atoms with Crippen molar-refractivity contribution in [3.8, 4) is 11.5 Å². The highest BCUT2D eigenvalue weighted by Crippen LogP contribution is 2.29. The molecule has 0 fully saturated rings. The maximum absolute atomic E-state index is 12.8. The monoisotopic (exact) mass is 388 g/mol. The topological polar surface area (TPSA) is 62.5 Å². The average molecular weight is 388 g/mol. The molecule has 1 heterocycles. The van der Waals surface area contributed by atoms with Crippen LogP contribution in [0.1, 0.15) is 16.8 Å². The number of hydrogen-bond donors (Lipinski definition) is 2. The molecule has 146 valence electrons. The van der Waals surface area contributed by atoms with Crippen molar-refractivity contribution in [1.29, 1.82) is 0 Å². The molecule has 0 amide bonds. The number of benzene rings is 2. The van der Waals surface area contributed by atoms with Gasteiger partial charge >= 0.3 is 6.18 Å². The molecule has 5 nitrogen and oxygen atoms in total. The van der Waals surface area contributed by atoms with Gasteiger partial charge in [-0.1, -0.05) is 30.3 Å². The van der Waals surface area contributed by atoms with E-state index in [-0.39, 0.29) is 6.54 Å². The highest BCUT2D eigenvalue weighted by atomic mass is 19.4. The van der Waals surface area contributed by atoms with Crippen molar-refractivity contribution in [3.05, 3.63) is 77.7 Å². The van der Waals surface area contributed by atoms with Gasteiger partial charge in [-0.3, -0.25) is 4.99 Å². The zero-order valence-electron chi connectivity index (χ0n) is 15.1. The van der Waals surface area contributed by atoms with Crippen LogP contribution in [0.2, 0.25) is 0 Å². The molecule has 2 aromatic carbocycles. The smallest absolute Gasteiger partial charge is 0.416 e. The molecule has 0 saturated heterocycles. The zero-order chi connectivity index (χ0) is 20.0. The van der Waals surface area contributed by atoms with E-state index in [4.69, 9.17) is 4.42 Å². The molecule has 0 aliphatic rings. The molecule has 0 atom stereocenters. The first kappa shape index (κ1) is 19.5. The lowest BCUT2D eigenvalue weighted by molar-refractivity contribution is -0.137. The Morgan fingerprint density at radius 3 is 2.50 bits per heavy atom. The Kier molecular flexibility index (Phi) is 5.98. The predicted molar refractivity (Wildman–Crippen MR) is 100 cm³/mol. The lowest BCUT2D eigenvalue weighted by atomic mass is 10.1. The Labute approximate surface area is 160 Å². The standard InChI is InChI=1S/C20H19F3N4O/c1-24-19(25-11-14-6-5-9-16(10-14)20(21,22)23)26-12-17-13-28-18(27-17)15-7-3-2-4-8-15/h2-10,13H,11-12H2,1H3,(H2,24,25,26). The minimum atomic E-state index is -4.36. The molecular formula is C20H19F3N4O. The quantitative estimate of drug-likeness (QED) is 0.507. The normalized spacial score (nSPS) is 12.1. The van der Waals surface area contributed by atoms with Crippen LogP contribution in [-0.2, 0) is 19.3 Å². The van der Waals surface area contributed by atoms with Crippen molar-refractivity contribution in [3.63, 3.8) is 0 Å². The summed E-state index contributed by atoms with van der Waals surface area (Å²) in [5.74, 6) is 0.964. The van der Waals surface area contributed by atoms with Gasteiger partial charge in [0.05, 0.1) is 17.8 Å². The third-order valence-electron chi connectivity index (χ3n) is 3.95. The highest BCUT2D eigenvalue weighted by Gasteiger charge is 2.30. The first-order valence-electron chi connectivity index (χ1n) is 8.56. The van der Waals surface area contributed by atoms with Gasteiger partial charge in [0.1, 0.15) is 6.26 Å². The fourth-order valence-electron chi connectivity index (χ4n) is 2.54. The van der Waals surface area contributed by atoms with Gasteiger partial charge in [0.2, 0.25) is 5.89 Å². The van der Waals surface area contributed by atoms with Crippen LogP contribution in [0.4, 0.5) is 13.2 Å². The fraction of sp³-hybridized carbons (Fsp3) is 0.200. The molecule has 2 N–H and O–H groups in total. The summed E-state index contributed by atoms with van der Waals surface area (Å²) in [7, 11) is 1.58. The van der Waals surface area contributed by atoms with Gasteiger partial charge in [-0.25, -0.2) is 4.98 Å². The summed E-state index contributed by atoms with van der Waals surface area (Å²) in [4.78, 5) is 8.47. The van der Waals surface area contributed by atoms with E-state index in [2.05, 4.69) is 20.6 Å². The number of alkyl halides is 3. The molecule has 8 heteroatoms. The number of nitrogens with one attached hydrogen (secondary N) is 2. The molecule has 3 rings (SSSR count). The van der Waals surface area contributed by atoms with E-state index >= 15 is 0 Å². The number of rotatable bonds is 5. The van der Waals surface area contributed by atoms with Crippen molar-refractivity contribution < 1.29 is 17.6 Å². The summed E-state index contributed by atoms with van der Waals surface area (Å²) < 4.78 is 43.9. The van der Waals surface area contributed by atoms with Crippen LogP contribution < -0.4 is 10.6 Å². The second kappa shape index (κ2) is 8.60. The summed E-state index contributed by atoms with van der Waals surface area (Å²) in [6.07, 6.45) is -2.81. The van der Waals surface area contributed by atoms with Crippen LogP contribution in [0.5, 0.6) is 0 Å². The minimum Gasteiger partial charge on any atom is -0.444 e. The fourth-order valence-corrected chi connectivity index (χ4v) is 2.54. The van der Waals surface area contributed by atoms with Crippen molar-refractivity contribution >= 4 is 5.96 Å². The molecular weight excluding hydrogens is 369 g/mol. The molecule has 0 aliphatic heterocycles. The average Bonchev–Trinajstić information content (AvgIpc) is 3.17. The van der Waals surface area contributed by atoms with Gasteiger partial charge in [-0.15, -0.1) is 0 Å². The van der Waals surface area contributed by atoms with E-state index in [1.165, 1.54) is 6.07 Å². The van der Waals surface area contributed by atoms with Gasteiger partial charge in [-0.05, 0) is 29.8 Å². The number of hydrogen-bond acceptors (Lipinski definition) is 3. The van der Waals surface area contributed by atoms with Crippen molar-refractivity contribution in [2.75, 3.05) is 7.05 Å². The van der Waals surface area contributed by atoms with E-state index in [0.29, 0.717) is 29.7 Å². The molecule has 28 heavy (non-hydrogen) atoms. The third kappa shape index (κ3) is 5.12. The summed E-state index contributed by atoms with van der Waals surface area (Å²) in [5, 5.41) is 6.05. The Bertz CT molecular complexity index is 936. The van der Waals surface area contributed by atoms with E-state index in [1.54, 1.807) is 19.4 Å². The predicted octanol–water partition coefficient (Wildman–Crippen LogP) is 4.23. The maximum Gasteiger partial charge on any atom is 0.416 e. The van der Waals surface area contributed by atoms with Gasteiger partial charge < -0.3 is 15.1 Å². The van der Waals surface area contributed by atoms with Crippen molar-refractivity contribution in [2.24, 2.45) is 4.99 Å². The van der Waals surface area contributed by atoms with Crippen molar-refractivity contribution in [2.45, 2.75) is 19.3 Å². The van der Waals surface area contributed by atoms with Crippen LogP contribution in [0.3, 0.4) is 0 Å². The molecule has 0 spiro atoms. The van der Waals surface area contributed by atoms with Crippen molar-refractivity contribution in [1.82, 2.24) is 15.6 Å². The molecule has 0 radical (unpaired) electrons. The van der Waals surface area contributed by atoms with Crippen LogP contribution >= 0.6 is 0 Å². The minimum absolute atomic E-state index is 0.206. The highest BCUT2D eigenvalue weighted by molar-refractivity contribution is 5.79. The van der Waals surface area contributed by atoms with Gasteiger partial charge in [0.25, 0.3) is 0 Å². The summed E-state index contributed by atoms with van der Waals surface area (Å²) >= 11 is 0. The Morgan fingerprint density at radius 1 is 1.04 bits per heavy atom. The number of nitrogens with zero attached hydrogens (tertiary/aromatic N) is 2. The first-order chi connectivity index (χ1) is 13.5. The number of guanidine groups is 1. The largest absolute Gasteiger partial charge is 0.444 e. The van der Waals surface area contributed by atoms with Crippen LogP contribution in [0, 0.1) is 0 Å². The number of aliphatic imine (C=N–C) groups is 1.